The van der Waals surface area contributed by atoms with Gasteiger partial charge in [0.25, 0.3) is 0 Å². The monoisotopic (exact) mass is 248 g/mol. The SMILES string of the molecule is CC(C)N(CC(=O)O)Cc1cn2cccnc2n1. The number of aliphatic carboxylic acids is 1. The van der Waals surface area contributed by atoms with E-state index in [2.05, 4.69) is 9.97 Å². The Morgan fingerprint density at radius 3 is 2.94 bits per heavy atom. The zero-order valence-corrected chi connectivity index (χ0v) is 10.4. The summed E-state index contributed by atoms with van der Waals surface area (Å²) in [5.74, 6) is -0.197. The van der Waals surface area contributed by atoms with Gasteiger partial charge in [0.1, 0.15) is 0 Å². The fraction of sp³-hybridized carbons (Fsp3) is 0.417. The molecule has 2 aromatic rings. The lowest BCUT2D eigenvalue weighted by Crippen LogP contribution is -2.35. The summed E-state index contributed by atoms with van der Waals surface area (Å²) in [5.41, 5.74) is 0.823. The van der Waals surface area contributed by atoms with Crippen molar-refractivity contribution < 1.29 is 9.90 Å². The quantitative estimate of drug-likeness (QED) is 0.855. The smallest absolute Gasteiger partial charge is 0.317 e. The second-order valence-electron chi connectivity index (χ2n) is 4.45. The summed E-state index contributed by atoms with van der Waals surface area (Å²) >= 11 is 0. The molecule has 18 heavy (non-hydrogen) atoms. The van der Waals surface area contributed by atoms with E-state index >= 15 is 0 Å². The van der Waals surface area contributed by atoms with Crippen LogP contribution in [-0.2, 0) is 11.3 Å². The fourth-order valence-electron chi connectivity index (χ4n) is 1.76. The Morgan fingerprint density at radius 2 is 2.33 bits per heavy atom. The molecule has 0 amide bonds. The van der Waals surface area contributed by atoms with Crippen LogP contribution in [0.3, 0.4) is 0 Å². The van der Waals surface area contributed by atoms with Crippen molar-refractivity contribution >= 4 is 11.7 Å². The van der Waals surface area contributed by atoms with Crippen molar-refractivity contribution in [3.63, 3.8) is 0 Å². The lowest BCUT2D eigenvalue weighted by Gasteiger charge is -2.23. The van der Waals surface area contributed by atoms with Crippen LogP contribution in [0.4, 0.5) is 0 Å². The van der Waals surface area contributed by atoms with Gasteiger partial charge in [0, 0.05) is 31.2 Å². The Labute approximate surface area is 105 Å². The molecule has 0 aliphatic heterocycles. The van der Waals surface area contributed by atoms with Gasteiger partial charge in [0.2, 0.25) is 5.78 Å². The van der Waals surface area contributed by atoms with Crippen LogP contribution in [0.5, 0.6) is 0 Å². The molecule has 2 rings (SSSR count). The molecule has 0 aliphatic rings. The highest BCUT2D eigenvalue weighted by Gasteiger charge is 2.15. The predicted octanol–water partition coefficient (Wildman–Crippen LogP) is 1.02. The summed E-state index contributed by atoms with van der Waals surface area (Å²) in [6.07, 6.45) is 5.43. The standard InChI is InChI=1S/C12H16N4O2/c1-9(2)16(8-11(17)18)7-10-6-15-5-3-4-13-12(15)14-10/h3-6,9H,7-8H2,1-2H3,(H,17,18). The first-order valence-electron chi connectivity index (χ1n) is 5.80. The molecule has 0 radical (unpaired) electrons. The average molecular weight is 248 g/mol. The van der Waals surface area contributed by atoms with Gasteiger partial charge in [-0.2, -0.15) is 0 Å². The number of imidazole rings is 1. The third-order valence-electron chi connectivity index (χ3n) is 2.72. The maximum Gasteiger partial charge on any atom is 0.317 e. The van der Waals surface area contributed by atoms with E-state index in [-0.39, 0.29) is 12.6 Å². The maximum absolute atomic E-state index is 10.8. The third kappa shape index (κ3) is 2.84. The summed E-state index contributed by atoms with van der Waals surface area (Å²) in [4.78, 5) is 21.1. The van der Waals surface area contributed by atoms with Crippen molar-refractivity contribution in [1.29, 1.82) is 0 Å². The molecule has 0 saturated heterocycles. The van der Waals surface area contributed by atoms with Crippen molar-refractivity contribution in [3.05, 3.63) is 30.4 Å². The van der Waals surface area contributed by atoms with Crippen molar-refractivity contribution in [2.45, 2.75) is 26.4 Å². The highest BCUT2D eigenvalue weighted by Crippen LogP contribution is 2.08. The lowest BCUT2D eigenvalue weighted by atomic mass is 10.3. The lowest BCUT2D eigenvalue weighted by molar-refractivity contribution is -0.138. The second kappa shape index (κ2) is 5.14. The number of aromatic nitrogens is 3. The van der Waals surface area contributed by atoms with Gasteiger partial charge in [-0.3, -0.25) is 14.1 Å². The molecule has 0 fully saturated rings. The first-order valence-corrected chi connectivity index (χ1v) is 5.80. The molecule has 0 saturated carbocycles. The molecule has 96 valence electrons. The number of hydrogen-bond donors (Lipinski definition) is 1. The van der Waals surface area contributed by atoms with E-state index in [0.29, 0.717) is 12.3 Å². The van der Waals surface area contributed by atoms with Gasteiger partial charge in [0.05, 0.1) is 12.2 Å². The summed E-state index contributed by atoms with van der Waals surface area (Å²) in [6.45, 7) is 4.46. The van der Waals surface area contributed by atoms with Gasteiger partial charge >= 0.3 is 5.97 Å². The van der Waals surface area contributed by atoms with Crippen LogP contribution in [0, 0.1) is 0 Å². The number of carboxylic acid groups (broad SMARTS) is 1. The minimum Gasteiger partial charge on any atom is -0.480 e. The van der Waals surface area contributed by atoms with Crippen LogP contribution in [0.1, 0.15) is 19.5 Å². The molecule has 0 spiro atoms. The van der Waals surface area contributed by atoms with E-state index in [1.165, 1.54) is 0 Å². The molecule has 2 heterocycles. The molecule has 0 bridgehead atoms. The Morgan fingerprint density at radius 1 is 1.56 bits per heavy atom. The van der Waals surface area contributed by atoms with Crippen molar-refractivity contribution in [2.24, 2.45) is 0 Å². The average Bonchev–Trinajstić information content (AvgIpc) is 2.69. The van der Waals surface area contributed by atoms with E-state index in [9.17, 15) is 4.79 Å². The molecule has 6 heteroatoms. The summed E-state index contributed by atoms with van der Waals surface area (Å²) < 4.78 is 1.83. The molecule has 0 unspecified atom stereocenters. The molecular formula is C12H16N4O2. The van der Waals surface area contributed by atoms with E-state index in [4.69, 9.17) is 5.11 Å². The number of carboxylic acids is 1. The summed E-state index contributed by atoms with van der Waals surface area (Å²) in [5, 5.41) is 8.87. The zero-order valence-electron chi connectivity index (χ0n) is 10.4. The highest BCUT2D eigenvalue weighted by molar-refractivity contribution is 5.69. The van der Waals surface area contributed by atoms with Crippen molar-refractivity contribution in [2.75, 3.05) is 6.54 Å². The number of nitrogens with zero attached hydrogens (tertiary/aromatic N) is 4. The number of fused-ring (bicyclic) bond motifs is 1. The van der Waals surface area contributed by atoms with Gasteiger partial charge < -0.3 is 5.11 Å². The maximum atomic E-state index is 10.8. The van der Waals surface area contributed by atoms with E-state index in [1.54, 1.807) is 6.20 Å². The third-order valence-corrected chi connectivity index (χ3v) is 2.72. The van der Waals surface area contributed by atoms with Crippen molar-refractivity contribution in [3.8, 4) is 0 Å². The number of carbonyl (C=O) groups is 1. The largest absolute Gasteiger partial charge is 0.480 e. The molecule has 0 aromatic carbocycles. The number of rotatable bonds is 5. The molecule has 2 aromatic heterocycles. The topological polar surface area (TPSA) is 70.7 Å². The van der Waals surface area contributed by atoms with Crippen LogP contribution in [0.2, 0.25) is 0 Å². The first kappa shape index (κ1) is 12.5. The van der Waals surface area contributed by atoms with Gasteiger partial charge in [0.15, 0.2) is 0 Å². The van der Waals surface area contributed by atoms with E-state index < -0.39 is 5.97 Å². The number of hydrogen-bond acceptors (Lipinski definition) is 4. The van der Waals surface area contributed by atoms with Gasteiger partial charge in [-0.25, -0.2) is 9.97 Å². The van der Waals surface area contributed by atoms with Crippen molar-refractivity contribution in [1.82, 2.24) is 19.3 Å². The molecular weight excluding hydrogens is 232 g/mol. The Hall–Kier alpha value is -1.95. The molecule has 0 aliphatic carbocycles. The fourth-order valence-corrected chi connectivity index (χ4v) is 1.76. The van der Waals surface area contributed by atoms with Gasteiger partial charge in [-0.05, 0) is 19.9 Å². The Bertz CT molecular complexity index is 517. The van der Waals surface area contributed by atoms with Crippen LogP contribution < -0.4 is 0 Å². The summed E-state index contributed by atoms with van der Waals surface area (Å²) in [7, 11) is 0. The highest BCUT2D eigenvalue weighted by atomic mass is 16.4. The van der Waals surface area contributed by atoms with E-state index in [0.717, 1.165) is 5.69 Å². The normalized spacial score (nSPS) is 11.6. The molecule has 6 nitrogen and oxygen atoms in total. The second-order valence-corrected chi connectivity index (χ2v) is 4.45. The summed E-state index contributed by atoms with van der Waals surface area (Å²) in [6, 6.07) is 1.98. The first-order chi connectivity index (χ1) is 8.56. The Kier molecular flexibility index (Phi) is 3.57. The van der Waals surface area contributed by atoms with E-state index in [1.807, 2.05) is 41.6 Å². The van der Waals surface area contributed by atoms with Crippen LogP contribution in [0.15, 0.2) is 24.7 Å². The predicted molar refractivity (Wildman–Crippen MR) is 66.2 cm³/mol. The van der Waals surface area contributed by atoms with Crippen LogP contribution in [0.25, 0.3) is 5.78 Å². The zero-order chi connectivity index (χ0) is 13.1. The van der Waals surface area contributed by atoms with Gasteiger partial charge in [-0.1, -0.05) is 0 Å². The van der Waals surface area contributed by atoms with Crippen LogP contribution >= 0.6 is 0 Å². The van der Waals surface area contributed by atoms with Gasteiger partial charge in [-0.15, -0.1) is 0 Å². The minimum atomic E-state index is -0.828. The molecule has 1 N–H and O–H groups in total. The minimum absolute atomic E-state index is 0.0129. The molecule has 0 atom stereocenters. The van der Waals surface area contributed by atoms with Crippen LogP contribution in [-0.4, -0.2) is 42.9 Å². The Balaban J connectivity index is 2.17.